The van der Waals surface area contributed by atoms with Crippen molar-refractivity contribution in [2.75, 3.05) is 6.61 Å². The van der Waals surface area contributed by atoms with Gasteiger partial charge in [-0.3, -0.25) is 4.79 Å². The van der Waals surface area contributed by atoms with Gasteiger partial charge in [-0.2, -0.15) is 0 Å². The Morgan fingerprint density at radius 3 is 1.33 bits per heavy atom. The summed E-state index contributed by atoms with van der Waals surface area (Å²) in [5.74, 6) is -0.595. The second-order valence-electron chi connectivity index (χ2n) is 13.6. The Bertz CT molecular complexity index is 643. The van der Waals surface area contributed by atoms with Crippen molar-refractivity contribution < 1.29 is 25.2 Å². The fourth-order valence-electron chi connectivity index (χ4n) is 6.05. The SMILES string of the molecule is CCCCCCCCCCCCCCCC/C=C/CCCC(O)C(O)C(CO)NC(=O)C(O)CCCCCCCCCCCC. The first-order chi connectivity index (χ1) is 22.0. The van der Waals surface area contributed by atoms with Gasteiger partial charge in [0.05, 0.1) is 18.8 Å². The van der Waals surface area contributed by atoms with Gasteiger partial charge in [0, 0.05) is 0 Å². The summed E-state index contributed by atoms with van der Waals surface area (Å²) in [7, 11) is 0. The highest BCUT2D eigenvalue weighted by Gasteiger charge is 2.28. The van der Waals surface area contributed by atoms with Crippen LogP contribution in [0.3, 0.4) is 0 Å². The molecule has 0 fully saturated rings. The van der Waals surface area contributed by atoms with Crippen LogP contribution in [0.15, 0.2) is 12.2 Å². The molecule has 0 saturated heterocycles. The Balaban J connectivity index is 3.79. The maximum Gasteiger partial charge on any atom is 0.249 e. The van der Waals surface area contributed by atoms with Gasteiger partial charge >= 0.3 is 0 Å². The molecule has 0 spiro atoms. The number of rotatable bonds is 35. The standard InChI is InChI=1S/C39H77NO5/c1-3-5-7-9-11-13-15-16-17-18-19-20-21-22-23-25-26-28-30-32-36(42)38(44)35(34-41)40-39(45)37(43)33-31-29-27-24-14-12-10-8-6-4-2/h25-26,35-38,41-44H,3-24,27-34H2,1-2H3,(H,40,45)/b26-25+. The average molecular weight is 640 g/mol. The van der Waals surface area contributed by atoms with E-state index in [0.29, 0.717) is 12.8 Å². The third kappa shape index (κ3) is 29.0. The summed E-state index contributed by atoms with van der Waals surface area (Å²) < 4.78 is 0. The van der Waals surface area contributed by atoms with Gasteiger partial charge in [0.1, 0.15) is 12.2 Å². The number of hydrogen-bond acceptors (Lipinski definition) is 5. The minimum absolute atomic E-state index is 0.366. The van der Waals surface area contributed by atoms with Crippen molar-refractivity contribution in [2.45, 2.75) is 224 Å². The summed E-state index contributed by atoms with van der Waals surface area (Å²) in [6, 6.07) is -0.995. The van der Waals surface area contributed by atoms with E-state index < -0.39 is 36.9 Å². The molecule has 1 amide bonds. The summed E-state index contributed by atoms with van der Waals surface area (Å²) in [6.45, 7) is 4.01. The number of allylic oxidation sites excluding steroid dienone is 2. The molecule has 4 unspecified atom stereocenters. The number of aliphatic hydroxyl groups excluding tert-OH is 4. The van der Waals surface area contributed by atoms with Crippen LogP contribution in [-0.4, -0.2) is 57.3 Å². The Labute approximate surface area is 279 Å². The van der Waals surface area contributed by atoms with Crippen LogP contribution in [0.25, 0.3) is 0 Å². The Morgan fingerprint density at radius 2 is 0.911 bits per heavy atom. The molecule has 45 heavy (non-hydrogen) atoms. The van der Waals surface area contributed by atoms with E-state index in [9.17, 15) is 25.2 Å². The molecule has 0 radical (unpaired) electrons. The molecule has 0 aromatic heterocycles. The Kier molecular flexibility index (Phi) is 33.7. The van der Waals surface area contributed by atoms with Gasteiger partial charge in [-0.1, -0.05) is 174 Å². The van der Waals surface area contributed by atoms with Crippen LogP contribution < -0.4 is 5.32 Å². The molecule has 0 aliphatic heterocycles. The minimum atomic E-state index is -1.27. The first-order valence-electron chi connectivity index (χ1n) is 19.6. The lowest BCUT2D eigenvalue weighted by molar-refractivity contribution is -0.132. The van der Waals surface area contributed by atoms with Gasteiger partial charge < -0.3 is 25.7 Å². The van der Waals surface area contributed by atoms with Crippen molar-refractivity contribution >= 4 is 5.91 Å². The summed E-state index contributed by atoms with van der Waals surface area (Å²) >= 11 is 0. The van der Waals surface area contributed by atoms with Crippen LogP contribution in [0, 0.1) is 0 Å². The zero-order chi connectivity index (χ0) is 33.2. The maximum atomic E-state index is 12.4. The number of nitrogens with one attached hydrogen (secondary N) is 1. The van der Waals surface area contributed by atoms with Crippen LogP contribution in [0.4, 0.5) is 0 Å². The van der Waals surface area contributed by atoms with Crippen molar-refractivity contribution in [2.24, 2.45) is 0 Å². The van der Waals surface area contributed by atoms with Crippen LogP contribution in [-0.2, 0) is 4.79 Å². The number of unbranched alkanes of at least 4 members (excludes halogenated alkanes) is 24. The minimum Gasteiger partial charge on any atom is -0.394 e. The number of carbonyl (C=O) groups excluding carboxylic acids is 1. The smallest absolute Gasteiger partial charge is 0.249 e. The van der Waals surface area contributed by atoms with Crippen molar-refractivity contribution in [3.05, 3.63) is 12.2 Å². The molecule has 4 atom stereocenters. The van der Waals surface area contributed by atoms with Gasteiger partial charge in [-0.15, -0.1) is 0 Å². The van der Waals surface area contributed by atoms with Crippen molar-refractivity contribution in [1.29, 1.82) is 0 Å². The van der Waals surface area contributed by atoms with E-state index in [1.54, 1.807) is 0 Å². The molecule has 0 aromatic rings. The fourth-order valence-corrected chi connectivity index (χ4v) is 6.05. The zero-order valence-electron chi connectivity index (χ0n) is 29.9. The molecule has 0 heterocycles. The Morgan fingerprint density at radius 1 is 0.533 bits per heavy atom. The number of carbonyl (C=O) groups is 1. The van der Waals surface area contributed by atoms with Crippen LogP contribution in [0.2, 0.25) is 0 Å². The quantitative estimate of drug-likeness (QED) is 0.0350. The van der Waals surface area contributed by atoms with Crippen molar-refractivity contribution in [1.82, 2.24) is 5.32 Å². The first-order valence-corrected chi connectivity index (χ1v) is 19.6. The molecule has 268 valence electrons. The number of amides is 1. The molecule has 6 heteroatoms. The molecule has 0 rings (SSSR count). The molecular formula is C39H77NO5. The van der Waals surface area contributed by atoms with Gasteiger partial charge in [0.25, 0.3) is 0 Å². The summed E-state index contributed by atoms with van der Waals surface area (Å²) in [5.41, 5.74) is 0. The lowest BCUT2D eigenvalue weighted by Gasteiger charge is -2.27. The summed E-state index contributed by atoms with van der Waals surface area (Å²) in [4.78, 5) is 12.4. The van der Waals surface area contributed by atoms with E-state index in [4.69, 9.17) is 0 Å². The van der Waals surface area contributed by atoms with Crippen molar-refractivity contribution in [3.8, 4) is 0 Å². The highest BCUT2D eigenvalue weighted by Crippen LogP contribution is 2.15. The van der Waals surface area contributed by atoms with Gasteiger partial charge in [-0.05, 0) is 38.5 Å². The normalized spacial score (nSPS) is 14.5. The third-order valence-corrected chi connectivity index (χ3v) is 9.23. The Hall–Kier alpha value is -0.950. The lowest BCUT2D eigenvalue weighted by atomic mass is 10.00. The molecular weight excluding hydrogens is 562 g/mol. The second kappa shape index (κ2) is 34.4. The first kappa shape index (κ1) is 44.0. The fraction of sp³-hybridized carbons (Fsp3) is 0.923. The van der Waals surface area contributed by atoms with E-state index in [-0.39, 0.29) is 0 Å². The van der Waals surface area contributed by atoms with Gasteiger partial charge in [-0.25, -0.2) is 0 Å². The lowest BCUT2D eigenvalue weighted by Crippen LogP contribution is -2.53. The molecule has 0 saturated carbocycles. The molecule has 6 nitrogen and oxygen atoms in total. The van der Waals surface area contributed by atoms with E-state index in [0.717, 1.165) is 38.5 Å². The topological polar surface area (TPSA) is 110 Å². The average Bonchev–Trinajstić information content (AvgIpc) is 3.04. The van der Waals surface area contributed by atoms with Crippen LogP contribution in [0.1, 0.15) is 200 Å². The summed E-state index contributed by atoms with van der Waals surface area (Å²) in [5, 5.41) is 43.4. The highest BCUT2D eigenvalue weighted by atomic mass is 16.3. The van der Waals surface area contributed by atoms with Crippen LogP contribution in [0.5, 0.6) is 0 Å². The summed E-state index contributed by atoms with van der Waals surface area (Å²) in [6.07, 6.45) is 35.3. The van der Waals surface area contributed by atoms with Crippen molar-refractivity contribution in [3.63, 3.8) is 0 Å². The van der Waals surface area contributed by atoms with E-state index in [2.05, 4.69) is 31.3 Å². The van der Waals surface area contributed by atoms with Gasteiger partial charge in [0.15, 0.2) is 0 Å². The van der Waals surface area contributed by atoms with Crippen LogP contribution >= 0.6 is 0 Å². The number of aliphatic hydroxyl groups is 4. The third-order valence-electron chi connectivity index (χ3n) is 9.23. The van der Waals surface area contributed by atoms with E-state index in [1.165, 1.54) is 135 Å². The molecule has 0 aliphatic rings. The zero-order valence-corrected chi connectivity index (χ0v) is 29.9. The highest BCUT2D eigenvalue weighted by molar-refractivity contribution is 5.80. The van der Waals surface area contributed by atoms with E-state index >= 15 is 0 Å². The molecule has 0 aliphatic carbocycles. The molecule has 0 aromatic carbocycles. The predicted molar refractivity (Wildman–Crippen MR) is 191 cm³/mol. The number of hydrogen-bond donors (Lipinski definition) is 5. The van der Waals surface area contributed by atoms with E-state index in [1.807, 2.05) is 0 Å². The largest absolute Gasteiger partial charge is 0.394 e. The second-order valence-corrected chi connectivity index (χ2v) is 13.6. The predicted octanol–water partition coefficient (Wildman–Crippen LogP) is 9.46. The molecule has 5 N–H and O–H groups in total. The maximum absolute atomic E-state index is 12.4. The monoisotopic (exact) mass is 640 g/mol. The molecule has 0 bridgehead atoms. The van der Waals surface area contributed by atoms with Gasteiger partial charge in [0.2, 0.25) is 5.91 Å².